The molecule has 13 heavy (non-hydrogen) atoms. The molecule has 2 unspecified atom stereocenters. The van der Waals surface area contributed by atoms with Crippen molar-refractivity contribution in [1.82, 2.24) is 0 Å². The van der Waals surface area contributed by atoms with E-state index in [1.807, 2.05) is 13.8 Å². The molecule has 0 saturated carbocycles. The molecular weight excluding hydrogens is 282 g/mol. The summed E-state index contributed by atoms with van der Waals surface area (Å²) in [6, 6.07) is 0. The Morgan fingerprint density at radius 1 is 1.00 bits per heavy atom. The van der Waals surface area contributed by atoms with Gasteiger partial charge in [0, 0.05) is 0 Å². The van der Waals surface area contributed by atoms with Crippen molar-refractivity contribution in [2.45, 2.75) is 13.8 Å². The first-order chi connectivity index (χ1) is 6.20. The first-order valence-corrected chi connectivity index (χ1v) is 11.4. The summed E-state index contributed by atoms with van der Waals surface area (Å²) in [4.78, 5) is 0. The molecule has 0 aromatic heterocycles. The molecule has 0 aromatic rings. The Labute approximate surface area is 99.4 Å². The zero-order valence-electron chi connectivity index (χ0n) is 7.47. The summed E-state index contributed by atoms with van der Waals surface area (Å²) in [5.41, 5.74) is 0. The molecule has 0 aliphatic rings. The molecule has 0 saturated heterocycles. The second kappa shape index (κ2) is 10.2. The van der Waals surface area contributed by atoms with Gasteiger partial charge in [-0.3, -0.25) is 0 Å². The van der Waals surface area contributed by atoms with Gasteiger partial charge in [0.1, 0.15) is 27.8 Å². The van der Waals surface area contributed by atoms with Gasteiger partial charge in [-0.15, -0.1) is 0 Å². The van der Waals surface area contributed by atoms with Gasteiger partial charge in [0.05, 0.1) is 13.2 Å². The van der Waals surface area contributed by atoms with Crippen LogP contribution in [0.5, 0.6) is 0 Å². The zero-order chi connectivity index (χ0) is 10.1. The zero-order valence-corrected chi connectivity index (χ0v) is 12.5. The molecule has 0 rings (SSSR count). The van der Waals surface area contributed by atoms with Crippen molar-refractivity contribution >= 4 is 58.6 Å². The van der Waals surface area contributed by atoms with Gasteiger partial charge in [0.15, 0.2) is 0 Å². The largest absolute Gasteiger partial charge is 0.415 e. The Kier molecular flexibility index (Phi) is 11.5. The van der Waals surface area contributed by atoms with Gasteiger partial charge in [0.25, 0.3) is 0 Å². The minimum Gasteiger partial charge on any atom is -0.159 e. The first kappa shape index (κ1) is 14.7. The molecule has 76 valence electrons. The molecule has 2 atom stereocenters. The third-order valence-corrected chi connectivity index (χ3v) is 9.31. The van der Waals surface area contributed by atoms with Crippen molar-refractivity contribution < 1.29 is 9.05 Å². The average molecular weight is 294 g/mol. The lowest BCUT2D eigenvalue weighted by atomic mass is 10.9. The smallest absolute Gasteiger partial charge is 0.159 e. The van der Waals surface area contributed by atoms with Crippen LogP contribution in [-0.4, -0.2) is 18.3 Å². The predicted octanol–water partition coefficient (Wildman–Crippen LogP) is 4.03. The van der Waals surface area contributed by atoms with Crippen LogP contribution < -0.4 is 0 Å². The minimum absolute atomic E-state index is 0.695. The van der Waals surface area contributed by atoms with Gasteiger partial charge in [-0.05, 0) is 13.8 Å². The van der Waals surface area contributed by atoms with Gasteiger partial charge in [-0.1, -0.05) is 0 Å². The molecule has 0 aliphatic carbocycles. The number of hydrogen-bond acceptors (Lipinski definition) is 6. The normalized spacial score (nSPS) is 12.8. The van der Waals surface area contributed by atoms with Gasteiger partial charge < -0.3 is 0 Å². The van der Waals surface area contributed by atoms with Crippen LogP contribution in [0.2, 0.25) is 0 Å². The highest BCUT2D eigenvalue weighted by molar-refractivity contribution is 8.71. The Bertz CT molecular complexity index is 160. The summed E-state index contributed by atoms with van der Waals surface area (Å²) in [5, 5.41) is 0.879. The van der Waals surface area contributed by atoms with E-state index in [0.29, 0.717) is 13.2 Å². The van der Waals surface area contributed by atoms with Crippen LogP contribution in [0.1, 0.15) is 13.8 Å². The number of rotatable bonds is 8. The molecular formula is C5H12O2P2S4+2. The maximum Gasteiger partial charge on any atom is 0.415 e. The highest BCUT2D eigenvalue weighted by atomic mass is 32.9. The van der Waals surface area contributed by atoms with Gasteiger partial charge in [0.2, 0.25) is 23.6 Å². The van der Waals surface area contributed by atoms with Crippen molar-refractivity contribution in [2.24, 2.45) is 0 Å². The fourth-order valence-electron chi connectivity index (χ4n) is 0.395. The lowest BCUT2D eigenvalue weighted by Gasteiger charge is -1.85. The van der Waals surface area contributed by atoms with E-state index in [4.69, 9.17) is 32.7 Å². The highest BCUT2D eigenvalue weighted by Crippen LogP contribution is 2.48. The van der Waals surface area contributed by atoms with Crippen molar-refractivity contribution in [3.63, 3.8) is 0 Å². The highest BCUT2D eigenvalue weighted by Gasteiger charge is 2.19. The second-order valence-electron chi connectivity index (χ2n) is 1.66. The van der Waals surface area contributed by atoms with Crippen LogP contribution in [-0.2, 0) is 32.7 Å². The van der Waals surface area contributed by atoms with Crippen LogP contribution >= 0.6 is 35.0 Å². The summed E-state index contributed by atoms with van der Waals surface area (Å²) in [6.07, 6.45) is -1.47. The molecule has 2 nitrogen and oxygen atoms in total. The quantitative estimate of drug-likeness (QED) is 0.493. The Hall–Kier alpha value is 1.66. The predicted molar refractivity (Wildman–Crippen MR) is 71.9 cm³/mol. The standard InChI is InChI=1S/C5H12O2P2S4/c1-3-6-8(10)12-5-13-9(11)7-4-2/h3-5H2,1-2H3/q+2. The van der Waals surface area contributed by atoms with Crippen LogP contribution in [0.3, 0.4) is 0 Å². The fourth-order valence-corrected chi connectivity index (χ4v) is 9.12. The Balaban J connectivity index is 3.33. The Morgan fingerprint density at radius 3 is 1.69 bits per heavy atom. The molecule has 0 N–H and O–H groups in total. The lowest BCUT2D eigenvalue weighted by Crippen LogP contribution is -1.75. The maximum absolute atomic E-state index is 5.25. The van der Waals surface area contributed by atoms with Crippen molar-refractivity contribution in [1.29, 1.82) is 0 Å². The fraction of sp³-hybridized carbons (Fsp3) is 1.00. The first-order valence-electron chi connectivity index (χ1n) is 3.66. The summed E-state index contributed by atoms with van der Waals surface area (Å²) >= 11 is 13.4. The molecule has 0 fully saturated rings. The van der Waals surface area contributed by atoms with Gasteiger partial charge >= 0.3 is 12.3 Å². The summed E-state index contributed by atoms with van der Waals surface area (Å²) < 4.78 is 10.5. The monoisotopic (exact) mass is 294 g/mol. The average Bonchev–Trinajstić information content (AvgIpc) is 2.05. The summed E-state index contributed by atoms with van der Waals surface area (Å²) in [6.45, 7) is 5.30. The molecule has 0 spiro atoms. The molecule has 0 aromatic carbocycles. The van der Waals surface area contributed by atoms with Gasteiger partial charge in [-0.2, -0.15) is 9.05 Å². The lowest BCUT2D eigenvalue weighted by molar-refractivity contribution is 0.396. The molecule has 0 radical (unpaired) electrons. The second-order valence-corrected chi connectivity index (χ2v) is 11.4. The molecule has 0 aliphatic heterocycles. The molecule has 0 heterocycles. The van der Waals surface area contributed by atoms with Crippen molar-refractivity contribution in [3.05, 3.63) is 0 Å². The van der Waals surface area contributed by atoms with E-state index in [1.54, 1.807) is 22.8 Å². The summed E-state index contributed by atoms with van der Waals surface area (Å²) in [5.74, 6) is 0. The maximum atomic E-state index is 5.25. The molecule has 0 amide bonds. The number of hydrogen-bond donors (Lipinski definition) is 0. The molecule has 0 bridgehead atoms. The Morgan fingerprint density at radius 2 is 1.38 bits per heavy atom. The van der Waals surface area contributed by atoms with E-state index in [9.17, 15) is 0 Å². The molecule has 8 heteroatoms. The third-order valence-electron chi connectivity index (χ3n) is 0.785. The topological polar surface area (TPSA) is 18.5 Å². The minimum atomic E-state index is -0.733. The van der Waals surface area contributed by atoms with Crippen LogP contribution in [0.4, 0.5) is 0 Å². The van der Waals surface area contributed by atoms with Crippen LogP contribution in [0.15, 0.2) is 0 Å². The van der Waals surface area contributed by atoms with Gasteiger partial charge in [-0.25, -0.2) is 0 Å². The SMILES string of the molecule is CCO[P+](=S)SCS[P+](=S)OCC. The summed E-state index contributed by atoms with van der Waals surface area (Å²) in [7, 11) is 0. The van der Waals surface area contributed by atoms with E-state index < -0.39 is 12.3 Å². The van der Waals surface area contributed by atoms with E-state index in [-0.39, 0.29) is 0 Å². The van der Waals surface area contributed by atoms with Crippen LogP contribution in [0.25, 0.3) is 0 Å². The third kappa shape index (κ3) is 9.95. The van der Waals surface area contributed by atoms with Crippen molar-refractivity contribution in [2.75, 3.05) is 18.3 Å². The van der Waals surface area contributed by atoms with E-state index in [1.165, 1.54) is 0 Å². The van der Waals surface area contributed by atoms with E-state index >= 15 is 0 Å². The van der Waals surface area contributed by atoms with Crippen LogP contribution in [0, 0.1) is 0 Å². The van der Waals surface area contributed by atoms with Crippen molar-refractivity contribution in [3.8, 4) is 0 Å². The van der Waals surface area contributed by atoms with E-state index in [0.717, 1.165) is 5.08 Å². The van der Waals surface area contributed by atoms with E-state index in [2.05, 4.69) is 0 Å².